The van der Waals surface area contributed by atoms with Crippen LogP contribution in [0.1, 0.15) is 15.9 Å². The highest BCUT2D eigenvalue weighted by molar-refractivity contribution is 5.93. The zero-order valence-corrected chi connectivity index (χ0v) is 9.31. The normalized spacial score (nSPS) is 10.1. The van der Waals surface area contributed by atoms with Gasteiger partial charge in [0.05, 0.1) is 6.33 Å². The molecule has 1 heterocycles. The summed E-state index contributed by atoms with van der Waals surface area (Å²) >= 11 is 0. The molecule has 1 aromatic heterocycles. The Morgan fingerprint density at radius 2 is 2.17 bits per heavy atom. The van der Waals surface area contributed by atoms with E-state index in [-0.39, 0.29) is 12.1 Å². The number of nitrogens with zero attached hydrogens (tertiary/aromatic N) is 1. The topological polar surface area (TPSA) is 74.8 Å². The van der Waals surface area contributed by atoms with Crippen molar-refractivity contribution < 1.29 is 9.18 Å². The Labute approximate surface area is 102 Å². The lowest BCUT2D eigenvalue weighted by Crippen LogP contribution is -2.29. The molecular weight excluding hydrogens is 237 g/mol. The summed E-state index contributed by atoms with van der Waals surface area (Å²) in [7, 11) is 0. The Kier molecular flexibility index (Phi) is 3.47. The molecule has 0 radical (unpaired) electrons. The van der Waals surface area contributed by atoms with Crippen molar-refractivity contribution in [2.75, 3.05) is 0 Å². The second-order valence-electron chi connectivity index (χ2n) is 3.57. The van der Waals surface area contributed by atoms with Gasteiger partial charge in [-0.3, -0.25) is 9.59 Å². The Balaban J connectivity index is 2.08. The first kappa shape index (κ1) is 12.0. The number of hydrogen-bond donors (Lipinski definition) is 2. The summed E-state index contributed by atoms with van der Waals surface area (Å²) in [5.74, 6) is -0.995. The molecule has 0 bridgehead atoms. The molecule has 5 nitrogen and oxygen atoms in total. The van der Waals surface area contributed by atoms with E-state index in [1.807, 2.05) is 0 Å². The van der Waals surface area contributed by atoms with E-state index in [1.165, 1.54) is 12.4 Å². The van der Waals surface area contributed by atoms with Gasteiger partial charge >= 0.3 is 0 Å². The van der Waals surface area contributed by atoms with Crippen LogP contribution in [0.3, 0.4) is 0 Å². The lowest BCUT2D eigenvalue weighted by atomic mass is 10.2. The first-order valence-corrected chi connectivity index (χ1v) is 5.23. The van der Waals surface area contributed by atoms with Crippen LogP contribution in [0.25, 0.3) is 0 Å². The fourth-order valence-corrected chi connectivity index (χ4v) is 1.42. The highest BCUT2D eigenvalue weighted by Crippen LogP contribution is 2.05. The molecule has 0 aliphatic heterocycles. The number of aromatic amines is 1. The summed E-state index contributed by atoms with van der Waals surface area (Å²) in [4.78, 5) is 28.9. The van der Waals surface area contributed by atoms with Crippen molar-refractivity contribution in [1.82, 2.24) is 15.3 Å². The van der Waals surface area contributed by atoms with E-state index < -0.39 is 17.3 Å². The van der Waals surface area contributed by atoms with Crippen LogP contribution >= 0.6 is 0 Å². The van der Waals surface area contributed by atoms with Gasteiger partial charge in [0.1, 0.15) is 11.4 Å². The van der Waals surface area contributed by atoms with Gasteiger partial charge in [0.15, 0.2) is 0 Å². The van der Waals surface area contributed by atoms with Gasteiger partial charge in [0.2, 0.25) is 0 Å². The van der Waals surface area contributed by atoms with Crippen molar-refractivity contribution in [1.29, 1.82) is 0 Å². The Morgan fingerprint density at radius 1 is 1.39 bits per heavy atom. The van der Waals surface area contributed by atoms with Gasteiger partial charge in [-0.15, -0.1) is 0 Å². The predicted octanol–water partition coefficient (Wildman–Crippen LogP) is 0.839. The summed E-state index contributed by atoms with van der Waals surface area (Å²) in [5.41, 5.74) is -0.281. The molecule has 0 unspecified atom stereocenters. The number of rotatable bonds is 3. The molecular formula is C12H10FN3O2. The molecule has 0 saturated carbocycles. The fraction of sp³-hybridized carbons (Fsp3) is 0.0833. The van der Waals surface area contributed by atoms with Gasteiger partial charge in [0.25, 0.3) is 11.5 Å². The highest BCUT2D eigenvalue weighted by Gasteiger charge is 2.10. The Morgan fingerprint density at radius 3 is 2.89 bits per heavy atom. The number of amides is 1. The van der Waals surface area contributed by atoms with Crippen LogP contribution in [0, 0.1) is 5.82 Å². The molecule has 1 amide bonds. The monoisotopic (exact) mass is 247 g/mol. The van der Waals surface area contributed by atoms with Crippen molar-refractivity contribution in [2.45, 2.75) is 6.54 Å². The molecule has 18 heavy (non-hydrogen) atoms. The van der Waals surface area contributed by atoms with Gasteiger partial charge in [-0.05, 0) is 6.07 Å². The lowest BCUT2D eigenvalue weighted by Gasteiger charge is -2.05. The predicted molar refractivity (Wildman–Crippen MR) is 62.4 cm³/mol. The number of H-pyrrole nitrogens is 1. The molecule has 0 atom stereocenters. The fourth-order valence-electron chi connectivity index (χ4n) is 1.42. The van der Waals surface area contributed by atoms with Crippen molar-refractivity contribution in [3.05, 3.63) is 64.1 Å². The minimum atomic E-state index is -0.590. The minimum absolute atomic E-state index is 0.0137. The molecule has 92 valence electrons. The van der Waals surface area contributed by atoms with E-state index in [4.69, 9.17) is 0 Å². The number of hydrogen-bond acceptors (Lipinski definition) is 3. The summed E-state index contributed by atoms with van der Waals surface area (Å²) < 4.78 is 13.3. The number of benzene rings is 1. The SMILES string of the molecule is O=C(NCc1ccccc1F)c1cnc[nH]c1=O. The van der Waals surface area contributed by atoms with E-state index >= 15 is 0 Å². The average molecular weight is 247 g/mol. The molecule has 2 N–H and O–H groups in total. The molecule has 6 heteroatoms. The van der Waals surface area contributed by atoms with Gasteiger partial charge < -0.3 is 10.3 Å². The maximum Gasteiger partial charge on any atom is 0.263 e. The standard InChI is InChI=1S/C12H10FN3O2/c13-10-4-2-1-3-8(10)5-15-11(17)9-6-14-7-16-12(9)18/h1-4,6-7H,5H2,(H,15,17)(H,14,16,18). The molecule has 0 saturated heterocycles. The van der Waals surface area contributed by atoms with Gasteiger partial charge in [0, 0.05) is 18.3 Å². The summed E-state index contributed by atoms with van der Waals surface area (Å²) in [6.07, 6.45) is 2.35. The van der Waals surface area contributed by atoms with Crippen LogP contribution in [0.4, 0.5) is 4.39 Å². The summed E-state index contributed by atoms with van der Waals surface area (Å²) in [5, 5.41) is 2.46. The molecule has 0 aliphatic carbocycles. The van der Waals surface area contributed by atoms with Crippen LogP contribution in [0.15, 0.2) is 41.6 Å². The van der Waals surface area contributed by atoms with E-state index in [0.29, 0.717) is 5.56 Å². The molecule has 2 rings (SSSR count). The third-order valence-corrected chi connectivity index (χ3v) is 2.36. The molecule has 0 spiro atoms. The number of aromatic nitrogens is 2. The van der Waals surface area contributed by atoms with E-state index in [9.17, 15) is 14.0 Å². The van der Waals surface area contributed by atoms with Crippen LogP contribution < -0.4 is 10.9 Å². The zero-order chi connectivity index (χ0) is 13.0. The third kappa shape index (κ3) is 2.60. The number of halogens is 1. The largest absolute Gasteiger partial charge is 0.348 e. The maximum absolute atomic E-state index is 13.3. The van der Waals surface area contributed by atoms with Gasteiger partial charge in [-0.25, -0.2) is 9.37 Å². The number of nitrogens with one attached hydrogen (secondary N) is 2. The molecule has 0 fully saturated rings. The zero-order valence-electron chi connectivity index (χ0n) is 9.31. The van der Waals surface area contributed by atoms with Crippen molar-refractivity contribution in [3.8, 4) is 0 Å². The Bertz CT molecular complexity index is 624. The summed E-state index contributed by atoms with van der Waals surface area (Å²) in [6.45, 7) is 0.0137. The van der Waals surface area contributed by atoms with E-state index in [1.54, 1.807) is 18.2 Å². The number of carbonyl (C=O) groups is 1. The van der Waals surface area contributed by atoms with Crippen molar-refractivity contribution in [3.63, 3.8) is 0 Å². The van der Waals surface area contributed by atoms with Gasteiger partial charge in [-0.2, -0.15) is 0 Å². The second kappa shape index (κ2) is 5.22. The quantitative estimate of drug-likeness (QED) is 0.843. The van der Waals surface area contributed by atoms with Crippen LogP contribution in [-0.2, 0) is 6.54 Å². The maximum atomic E-state index is 13.3. The van der Waals surface area contributed by atoms with E-state index in [0.717, 1.165) is 6.20 Å². The molecule has 0 aliphatic rings. The minimum Gasteiger partial charge on any atom is -0.348 e. The molecule has 2 aromatic rings. The van der Waals surface area contributed by atoms with Crippen LogP contribution in [-0.4, -0.2) is 15.9 Å². The Hall–Kier alpha value is -2.50. The van der Waals surface area contributed by atoms with E-state index in [2.05, 4.69) is 15.3 Å². The molecule has 1 aromatic carbocycles. The van der Waals surface area contributed by atoms with Crippen molar-refractivity contribution >= 4 is 5.91 Å². The van der Waals surface area contributed by atoms with Crippen LogP contribution in [0.2, 0.25) is 0 Å². The number of carbonyl (C=O) groups excluding carboxylic acids is 1. The van der Waals surface area contributed by atoms with Gasteiger partial charge in [-0.1, -0.05) is 18.2 Å². The first-order chi connectivity index (χ1) is 8.68. The van der Waals surface area contributed by atoms with Crippen LogP contribution in [0.5, 0.6) is 0 Å². The lowest BCUT2D eigenvalue weighted by molar-refractivity contribution is 0.0948. The second-order valence-corrected chi connectivity index (χ2v) is 3.57. The van der Waals surface area contributed by atoms with Crippen molar-refractivity contribution in [2.24, 2.45) is 0 Å². The highest BCUT2D eigenvalue weighted by atomic mass is 19.1. The smallest absolute Gasteiger partial charge is 0.263 e. The third-order valence-electron chi connectivity index (χ3n) is 2.36. The average Bonchev–Trinajstić information content (AvgIpc) is 2.38. The summed E-state index contributed by atoms with van der Waals surface area (Å²) in [6, 6.07) is 6.09. The first-order valence-electron chi connectivity index (χ1n) is 5.23.